The minimum absolute atomic E-state index is 1.13. The van der Waals surface area contributed by atoms with Crippen LogP contribution in [0, 0.1) is 0 Å². The fourth-order valence-corrected chi connectivity index (χ4v) is 6.87. The zero-order valence-corrected chi connectivity index (χ0v) is 24.2. The summed E-state index contributed by atoms with van der Waals surface area (Å²) in [7, 11) is 0. The number of para-hydroxylation sites is 2. The molecule has 0 unspecified atom stereocenters. The first-order valence-corrected chi connectivity index (χ1v) is 15.3. The number of nitrogens with one attached hydrogen (secondary N) is 2. The van der Waals surface area contributed by atoms with Crippen molar-refractivity contribution in [3.63, 3.8) is 0 Å². The van der Waals surface area contributed by atoms with Crippen LogP contribution in [-0.2, 0) is 0 Å². The highest BCUT2D eigenvalue weighted by Gasteiger charge is 2.13. The fourth-order valence-electron chi connectivity index (χ4n) is 5.88. The van der Waals surface area contributed by atoms with Gasteiger partial charge in [-0.05, 0) is 93.0 Å². The molecule has 2 nitrogen and oxygen atoms in total. The topological polar surface area (TPSA) is 24.1 Å². The lowest BCUT2D eigenvalue weighted by molar-refractivity contribution is 1.32. The zero-order chi connectivity index (χ0) is 28.6. The van der Waals surface area contributed by atoms with Gasteiger partial charge in [0, 0.05) is 31.9 Å². The molecule has 0 amide bonds. The summed E-state index contributed by atoms with van der Waals surface area (Å²) in [5.41, 5.74) is 4.68. The Labute approximate surface area is 255 Å². The maximum absolute atomic E-state index is 3.72. The van der Waals surface area contributed by atoms with Crippen molar-refractivity contribution in [2.75, 3.05) is 10.6 Å². The van der Waals surface area contributed by atoms with E-state index in [9.17, 15) is 0 Å². The minimum Gasteiger partial charge on any atom is -0.355 e. The summed E-state index contributed by atoms with van der Waals surface area (Å²) >= 11 is 1.82. The maximum atomic E-state index is 3.72. The summed E-state index contributed by atoms with van der Waals surface area (Å²) in [5.74, 6) is 0. The second kappa shape index (κ2) is 10.9. The van der Waals surface area contributed by atoms with Crippen molar-refractivity contribution in [3.05, 3.63) is 158 Å². The average molecular weight is 569 g/mol. The molecule has 3 heteroatoms. The van der Waals surface area contributed by atoms with Gasteiger partial charge in [-0.15, -0.1) is 0 Å². The molecule has 43 heavy (non-hydrogen) atoms. The van der Waals surface area contributed by atoms with Crippen LogP contribution in [0.4, 0.5) is 22.7 Å². The van der Waals surface area contributed by atoms with E-state index in [4.69, 9.17) is 0 Å². The Balaban J connectivity index is 0.000000166. The Morgan fingerprint density at radius 1 is 0.372 bits per heavy atom. The molecule has 0 bridgehead atoms. The number of rotatable bonds is 2. The van der Waals surface area contributed by atoms with Crippen molar-refractivity contribution in [1.82, 2.24) is 0 Å². The standard InChI is InChI=1S/C28H19N.C12H9NS/c1-3-9-21-17-25-23(15-19(21)7-1)11-5-13-27(25)29-28-14-6-12-24-16-20-8-2-4-10-22(20)18-26(24)28;1-3-7-11-9(5-1)13-10-6-2-4-8-12(10)14-11/h1-18,29H;1-8,13H. The summed E-state index contributed by atoms with van der Waals surface area (Å²) in [6.45, 7) is 0. The predicted molar refractivity (Wildman–Crippen MR) is 186 cm³/mol. The molecule has 1 heterocycles. The van der Waals surface area contributed by atoms with Crippen LogP contribution in [0.3, 0.4) is 0 Å². The van der Waals surface area contributed by atoms with E-state index in [2.05, 4.69) is 168 Å². The minimum atomic E-state index is 1.13. The molecule has 0 atom stereocenters. The highest BCUT2D eigenvalue weighted by Crippen LogP contribution is 2.43. The molecule has 1 aliphatic heterocycles. The van der Waals surface area contributed by atoms with Gasteiger partial charge in [0.25, 0.3) is 0 Å². The van der Waals surface area contributed by atoms with Gasteiger partial charge in [0.1, 0.15) is 0 Å². The molecule has 0 saturated heterocycles. The fraction of sp³-hybridized carbons (Fsp3) is 0. The molecule has 0 aromatic heterocycles. The molecule has 1 aliphatic rings. The van der Waals surface area contributed by atoms with E-state index >= 15 is 0 Å². The van der Waals surface area contributed by atoms with Crippen molar-refractivity contribution in [3.8, 4) is 0 Å². The van der Waals surface area contributed by atoms with E-state index in [1.165, 1.54) is 64.3 Å². The number of fused-ring (bicyclic) bond motifs is 6. The SMILES string of the molecule is c1ccc2c(c1)Nc1ccccc1S2.c1ccc2cc3c(Nc4cccc5cc6ccccc6cc45)cccc3cc2c1. The van der Waals surface area contributed by atoms with E-state index in [1.807, 2.05) is 11.8 Å². The van der Waals surface area contributed by atoms with Crippen LogP contribution in [0.25, 0.3) is 43.1 Å². The lowest BCUT2D eigenvalue weighted by atomic mass is 10.0. The summed E-state index contributed by atoms with van der Waals surface area (Å²) in [4.78, 5) is 2.59. The second-order valence-corrected chi connectivity index (χ2v) is 11.9. The molecule has 0 aliphatic carbocycles. The highest BCUT2D eigenvalue weighted by atomic mass is 32.2. The van der Waals surface area contributed by atoms with Gasteiger partial charge in [0.15, 0.2) is 0 Å². The van der Waals surface area contributed by atoms with E-state index in [-0.39, 0.29) is 0 Å². The average Bonchev–Trinajstić information content (AvgIpc) is 3.06. The highest BCUT2D eigenvalue weighted by molar-refractivity contribution is 7.99. The Kier molecular flexibility index (Phi) is 6.43. The predicted octanol–water partition coefficient (Wildman–Crippen LogP) is 11.9. The van der Waals surface area contributed by atoms with E-state index in [0.29, 0.717) is 0 Å². The molecule has 0 radical (unpaired) electrons. The third kappa shape index (κ3) is 4.94. The van der Waals surface area contributed by atoms with Gasteiger partial charge in [-0.25, -0.2) is 0 Å². The molecular weight excluding hydrogens is 541 g/mol. The molecule has 204 valence electrons. The van der Waals surface area contributed by atoms with Crippen molar-refractivity contribution in [2.45, 2.75) is 9.79 Å². The first-order chi connectivity index (χ1) is 21.3. The van der Waals surface area contributed by atoms with Crippen molar-refractivity contribution in [2.24, 2.45) is 0 Å². The second-order valence-electron chi connectivity index (χ2n) is 10.8. The van der Waals surface area contributed by atoms with Crippen LogP contribution in [0.2, 0.25) is 0 Å². The van der Waals surface area contributed by atoms with Crippen LogP contribution in [0.5, 0.6) is 0 Å². The first kappa shape index (κ1) is 25.5. The van der Waals surface area contributed by atoms with E-state index in [1.54, 1.807) is 0 Å². The van der Waals surface area contributed by atoms with Crippen molar-refractivity contribution >= 4 is 77.6 Å². The lowest BCUT2D eigenvalue weighted by Gasteiger charge is -2.19. The quantitative estimate of drug-likeness (QED) is 0.203. The Morgan fingerprint density at radius 3 is 1.26 bits per heavy atom. The number of hydrogen-bond acceptors (Lipinski definition) is 3. The Morgan fingerprint density at radius 2 is 0.767 bits per heavy atom. The molecule has 2 N–H and O–H groups in total. The number of benzene rings is 8. The molecule has 8 aromatic rings. The Hall–Kier alpha value is -5.25. The van der Waals surface area contributed by atoms with Crippen molar-refractivity contribution in [1.29, 1.82) is 0 Å². The van der Waals surface area contributed by atoms with Crippen LogP contribution < -0.4 is 10.6 Å². The van der Waals surface area contributed by atoms with Gasteiger partial charge in [-0.1, -0.05) is 109 Å². The van der Waals surface area contributed by atoms with E-state index < -0.39 is 0 Å². The number of anilines is 4. The number of hydrogen-bond donors (Lipinski definition) is 2. The molecule has 0 spiro atoms. The third-order valence-electron chi connectivity index (χ3n) is 8.03. The van der Waals surface area contributed by atoms with Crippen LogP contribution in [0.15, 0.2) is 168 Å². The van der Waals surface area contributed by atoms with Crippen LogP contribution in [0.1, 0.15) is 0 Å². The Bertz CT molecular complexity index is 2080. The first-order valence-electron chi connectivity index (χ1n) is 14.5. The molecular formula is C40H28N2S. The molecule has 0 saturated carbocycles. The van der Waals surface area contributed by atoms with Gasteiger partial charge in [-0.3, -0.25) is 0 Å². The monoisotopic (exact) mass is 568 g/mol. The van der Waals surface area contributed by atoms with Gasteiger partial charge >= 0.3 is 0 Å². The lowest BCUT2D eigenvalue weighted by Crippen LogP contribution is -1.98. The zero-order valence-electron chi connectivity index (χ0n) is 23.4. The summed E-state index contributed by atoms with van der Waals surface area (Å²) in [5, 5.41) is 17.2. The summed E-state index contributed by atoms with van der Waals surface area (Å²) < 4.78 is 0. The largest absolute Gasteiger partial charge is 0.355 e. The van der Waals surface area contributed by atoms with Crippen LogP contribution in [-0.4, -0.2) is 0 Å². The van der Waals surface area contributed by atoms with E-state index in [0.717, 1.165) is 11.4 Å². The molecule has 0 fully saturated rings. The molecule has 9 rings (SSSR count). The maximum Gasteiger partial charge on any atom is 0.0526 e. The normalized spacial score (nSPS) is 11.8. The third-order valence-corrected chi connectivity index (χ3v) is 9.18. The summed E-state index contributed by atoms with van der Waals surface area (Å²) in [6, 6.07) is 55.9. The van der Waals surface area contributed by atoms with Crippen LogP contribution >= 0.6 is 11.8 Å². The molecule has 8 aromatic carbocycles. The summed E-state index contributed by atoms with van der Waals surface area (Å²) in [6.07, 6.45) is 0. The van der Waals surface area contributed by atoms with Gasteiger partial charge < -0.3 is 10.6 Å². The van der Waals surface area contributed by atoms with Crippen molar-refractivity contribution < 1.29 is 0 Å². The van der Waals surface area contributed by atoms with Gasteiger partial charge in [0.2, 0.25) is 0 Å². The smallest absolute Gasteiger partial charge is 0.0526 e. The van der Waals surface area contributed by atoms with Gasteiger partial charge in [0.05, 0.1) is 11.4 Å². The van der Waals surface area contributed by atoms with Gasteiger partial charge in [-0.2, -0.15) is 0 Å².